The lowest BCUT2D eigenvalue weighted by Gasteiger charge is -2.31. The maximum absolute atomic E-state index is 12.0. The van der Waals surface area contributed by atoms with Crippen LogP contribution in [0.25, 0.3) is 6.08 Å². The number of likely N-dealkylation sites (tertiary alicyclic amines) is 1. The monoisotopic (exact) mass is 510 g/mol. The van der Waals surface area contributed by atoms with Crippen LogP contribution in [-0.2, 0) is 22.4 Å². The van der Waals surface area contributed by atoms with Gasteiger partial charge in [0.25, 0.3) is 0 Å². The predicted octanol–water partition coefficient (Wildman–Crippen LogP) is 5.25. The number of rotatable bonds is 8. The molecule has 0 spiro atoms. The van der Waals surface area contributed by atoms with Crippen molar-refractivity contribution in [3.8, 4) is 5.75 Å². The summed E-state index contributed by atoms with van der Waals surface area (Å²) < 4.78 is 0. The Labute approximate surface area is 223 Å². The minimum Gasteiger partial charge on any atom is -0.508 e. The van der Waals surface area contributed by atoms with Gasteiger partial charge in [0.2, 0.25) is 5.91 Å². The van der Waals surface area contributed by atoms with Gasteiger partial charge in [-0.3, -0.25) is 4.79 Å². The maximum Gasteiger partial charge on any atom is 0.219 e. The Morgan fingerprint density at radius 2 is 1.95 bits per heavy atom. The molecule has 7 nitrogen and oxygen atoms in total. The largest absolute Gasteiger partial charge is 0.508 e. The number of carbonyl (C=O) groups is 2. The topological polar surface area (TPSA) is 94.6 Å². The number of phenols is 1. The normalized spacial score (nSPS) is 17.0. The number of fused-ring (bicyclic) bond motifs is 1. The summed E-state index contributed by atoms with van der Waals surface area (Å²) in [6.45, 7) is 3.26. The second-order valence-corrected chi connectivity index (χ2v) is 10.1. The van der Waals surface area contributed by atoms with Crippen molar-refractivity contribution in [2.75, 3.05) is 18.4 Å². The fourth-order valence-electron chi connectivity index (χ4n) is 5.52. The lowest BCUT2D eigenvalue weighted by Crippen LogP contribution is -2.36. The quantitative estimate of drug-likeness (QED) is 0.359. The summed E-state index contributed by atoms with van der Waals surface area (Å²) in [7, 11) is 0. The van der Waals surface area contributed by atoms with Crippen LogP contribution in [0.2, 0.25) is 0 Å². The van der Waals surface area contributed by atoms with Gasteiger partial charge in [-0.15, -0.1) is 0 Å². The number of piperidine rings is 1. The molecule has 3 heterocycles. The zero-order valence-electron chi connectivity index (χ0n) is 21.7. The first-order valence-corrected chi connectivity index (χ1v) is 13.3. The number of aldehydes is 1. The molecule has 1 atom stereocenters. The minimum absolute atomic E-state index is 0.152. The highest BCUT2D eigenvalue weighted by molar-refractivity contribution is 5.78. The van der Waals surface area contributed by atoms with Gasteiger partial charge in [-0.2, -0.15) is 0 Å². The highest BCUT2D eigenvalue weighted by atomic mass is 16.3. The van der Waals surface area contributed by atoms with E-state index in [4.69, 9.17) is 4.98 Å². The van der Waals surface area contributed by atoms with Crippen molar-refractivity contribution in [1.29, 1.82) is 0 Å². The number of nitrogens with zero attached hydrogens (tertiary/aromatic N) is 2. The molecular formula is C31H34N4O3. The standard InChI is InChI=1S/C31H34N4O3/c1-21(37)35-16-13-24(14-17-35)23-8-10-26(11-9-23)34-31-30-28(12-15-32-29(30)20-36)25(19-33-31)6-2-4-22-5-3-7-27(38)18-22/h3,5,7-12,15,18-20,24,29,32,38H,2,4,6,13-14,16-17H2,1H3,(H,33,34). The molecule has 0 aliphatic carbocycles. The SMILES string of the molecule is CC(=O)N1CCC(c2ccc(Nc3ncc(CCCc4cccc(O)c4)c4c3C(C=O)NC=C4)cc2)CC1. The molecule has 7 heteroatoms. The lowest BCUT2D eigenvalue weighted by molar-refractivity contribution is -0.129. The van der Waals surface area contributed by atoms with Gasteiger partial charge in [-0.1, -0.05) is 24.3 Å². The van der Waals surface area contributed by atoms with Crippen LogP contribution in [0.1, 0.15) is 66.0 Å². The second-order valence-electron chi connectivity index (χ2n) is 10.1. The van der Waals surface area contributed by atoms with E-state index in [1.165, 1.54) is 5.56 Å². The van der Waals surface area contributed by atoms with Crippen molar-refractivity contribution < 1.29 is 14.7 Å². The number of amides is 1. The first kappa shape index (κ1) is 25.5. The fraction of sp³-hybridized carbons (Fsp3) is 0.323. The van der Waals surface area contributed by atoms with Gasteiger partial charge in [0.05, 0.1) is 0 Å². The molecule has 1 fully saturated rings. The molecule has 0 bridgehead atoms. The smallest absolute Gasteiger partial charge is 0.219 e. The van der Waals surface area contributed by atoms with E-state index in [1.807, 2.05) is 35.5 Å². The van der Waals surface area contributed by atoms with Gasteiger partial charge in [-0.25, -0.2) is 4.98 Å². The van der Waals surface area contributed by atoms with Crippen LogP contribution >= 0.6 is 0 Å². The number of hydrogen-bond donors (Lipinski definition) is 3. The number of hydrogen-bond acceptors (Lipinski definition) is 6. The van der Waals surface area contributed by atoms with Gasteiger partial charge >= 0.3 is 0 Å². The van der Waals surface area contributed by atoms with Crippen molar-refractivity contribution >= 4 is 29.8 Å². The van der Waals surface area contributed by atoms with Crippen molar-refractivity contribution in [2.24, 2.45) is 0 Å². The van der Waals surface area contributed by atoms with Crippen molar-refractivity contribution in [3.05, 3.63) is 88.7 Å². The van der Waals surface area contributed by atoms with Gasteiger partial charge in [-0.05, 0) is 96.8 Å². The molecule has 3 aromatic rings. The maximum atomic E-state index is 12.0. The number of aromatic nitrogens is 1. The fourth-order valence-corrected chi connectivity index (χ4v) is 5.52. The number of aromatic hydroxyl groups is 1. The van der Waals surface area contributed by atoms with Crippen LogP contribution in [-0.4, -0.2) is 40.3 Å². The van der Waals surface area contributed by atoms with E-state index in [0.29, 0.717) is 11.7 Å². The lowest BCUT2D eigenvalue weighted by atomic mass is 9.89. The van der Waals surface area contributed by atoms with Crippen molar-refractivity contribution in [3.63, 3.8) is 0 Å². The Balaban J connectivity index is 1.30. The zero-order valence-corrected chi connectivity index (χ0v) is 21.7. The summed E-state index contributed by atoms with van der Waals surface area (Å²) in [4.78, 5) is 30.2. The average molecular weight is 511 g/mol. The number of anilines is 2. The summed E-state index contributed by atoms with van der Waals surface area (Å²) in [6.07, 6.45) is 11.2. The zero-order chi connectivity index (χ0) is 26.5. The summed E-state index contributed by atoms with van der Waals surface area (Å²) in [5.74, 6) is 1.57. The summed E-state index contributed by atoms with van der Waals surface area (Å²) in [6, 6.07) is 15.3. The van der Waals surface area contributed by atoms with Crippen LogP contribution in [0.4, 0.5) is 11.5 Å². The van der Waals surface area contributed by atoms with Crippen molar-refractivity contribution in [2.45, 2.75) is 51.0 Å². The molecule has 5 rings (SSSR count). The molecule has 38 heavy (non-hydrogen) atoms. The second kappa shape index (κ2) is 11.5. The number of nitrogens with one attached hydrogen (secondary N) is 2. The Hall–Kier alpha value is -4.13. The first-order chi connectivity index (χ1) is 18.5. The summed E-state index contributed by atoms with van der Waals surface area (Å²) in [5.41, 5.74) is 6.29. The van der Waals surface area contributed by atoms with E-state index in [-0.39, 0.29) is 11.7 Å². The van der Waals surface area contributed by atoms with Gasteiger partial charge in [0.1, 0.15) is 23.9 Å². The first-order valence-electron chi connectivity index (χ1n) is 13.3. The predicted molar refractivity (Wildman–Crippen MR) is 149 cm³/mol. The highest BCUT2D eigenvalue weighted by Crippen LogP contribution is 2.34. The van der Waals surface area contributed by atoms with Gasteiger partial charge in [0, 0.05) is 37.5 Å². The van der Waals surface area contributed by atoms with E-state index in [9.17, 15) is 14.7 Å². The molecule has 2 aliphatic heterocycles. The molecule has 1 aromatic heterocycles. The van der Waals surface area contributed by atoms with Crippen LogP contribution in [0.15, 0.2) is 60.9 Å². The number of benzene rings is 2. The van der Waals surface area contributed by atoms with E-state index in [2.05, 4.69) is 34.9 Å². The third kappa shape index (κ3) is 5.72. The Bertz CT molecular complexity index is 1330. The number of aryl methyl sites for hydroxylation is 2. The number of carbonyl (C=O) groups excluding carboxylic acids is 2. The van der Waals surface area contributed by atoms with Crippen LogP contribution in [0.3, 0.4) is 0 Å². The van der Waals surface area contributed by atoms with Crippen molar-refractivity contribution in [1.82, 2.24) is 15.2 Å². The number of pyridine rings is 1. The highest BCUT2D eigenvalue weighted by Gasteiger charge is 2.24. The molecule has 0 radical (unpaired) electrons. The van der Waals surface area contributed by atoms with E-state index < -0.39 is 6.04 Å². The molecule has 1 amide bonds. The Morgan fingerprint density at radius 1 is 1.16 bits per heavy atom. The third-order valence-corrected chi connectivity index (χ3v) is 7.62. The minimum atomic E-state index is -0.471. The molecule has 196 valence electrons. The molecule has 3 N–H and O–H groups in total. The number of phenolic OH excluding ortho intramolecular Hbond substituents is 1. The Morgan fingerprint density at radius 3 is 2.66 bits per heavy atom. The van der Waals surface area contributed by atoms with Crippen LogP contribution in [0, 0.1) is 0 Å². The molecular weight excluding hydrogens is 476 g/mol. The summed E-state index contributed by atoms with van der Waals surface area (Å²) >= 11 is 0. The molecule has 0 saturated carbocycles. The van der Waals surface area contributed by atoms with Gasteiger partial charge in [0.15, 0.2) is 0 Å². The molecule has 1 saturated heterocycles. The van der Waals surface area contributed by atoms with Gasteiger partial charge < -0.3 is 25.4 Å². The van der Waals surface area contributed by atoms with E-state index in [1.54, 1.807) is 19.1 Å². The summed E-state index contributed by atoms with van der Waals surface area (Å²) in [5, 5.41) is 16.3. The van der Waals surface area contributed by atoms with E-state index >= 15 is 0 Å². The molecule has 2 aliphatic rings. The average Bonchev–Trinajstić information content (AvgIpc) is 2.94. The van der Waals surface area contributed by atoms with Crippen LogP contribution in [0.5, 0.6) is 5.75 Å². The Kier molecular flexibility index (Phi) is 7.73. The van der Waals surface area contributed by atoms with Crippen LogP contribution < -0.4 is 10.6 Å². The van der Waals surface area contributed by atoms with E-state index in [0.717, 1.165) is 79.4 Å². The third-order valence-electron chi connectivity index (χ3n) is 7.62. The molecule has 1 unspecified atom stereocenters. The molecule has 2 aromatic carbocycles.